The van der Waals surface area contributed by atoms with Gasteiger partial charge < -0.3 is 10.0 Å². The Balaban J connectivity index is 2.78. The van der Waals surface area contributed by atoms with Crippen LogP contribution in [-0.2, 0) is 15.4 Å². The number of rotatable bonds is 7. The minimum absolute atomic E-state index is 0.174. The van der Waals surface area contributed by atoms with Crippen LogP contribution in [0.25, 0.3) is 0 Å². The molecular formula is C14H21F2NO3S. The van der Waals surface area contributed by atoms with Crippen molar-refractivity contribution in [2.24, 2.45) is 0 Å². The lowest BCUT2D eigenvalue weighted by molar-refractivity contribution is 0.0177. The Morgan fingerprint density at radius 3 is 2.24 bits per heavy atom. The molecule has 0 spiro atoms. The zero-order chi connectivity index (χ0) is 16.3. The first-order valence-corrected chi connectivity index (χ1v) is 8.41. The van der Waals surface area contributed by atoms with Crippen molar-refractivity contribution < 1.29 is 22.3 Å². The molecule has 1 unspecified atom stereocenters. The van der Waals surface area contributed by atoms with E-state index in [2.05, 4.69) is 0 Å². The topological polar surface area (TPSA) is 57.6 Å². The zero-order valence-electron chi connectivity index (χ0n) is 12.4. The monoisotopic (exact) mass is 321 g/mol. The molecule has 0 heterocycles. The minimum Gasteiger partial charge on any atom is -0.384 e. The molecule has 0 aromatic heterocycles. The predicted octanol–water partition coefficient (Wildman–Crippen LogP) is 1.88. The normalized spacial score (nSPS) is 15.4. The molecular weight excluding hydrogens is 300 g/mol. The Hall–Kier alpha value is -1.05. The summed E-state index contributed by atoms with van der Waals surface area (Å²) in [6, 6.07) is 5.94. The lowest BCUT2D eigenvalue weighted by Crippen LogP contribution is -2.37. The van der Waals surface area contributed by atoms with Crippen molar-refractivity contribution in [3.05, 3.63) is 29.8 Å². The average Bonchev–Trinajstić information content (AvgIpc) is 2.35. The standard InChI is InChI=1S/C14H21F2NO3S/c1-14(18,10-17(2)9-8-13(15)16)11-4-6-12(7-5-11)21(3,19)20/h4-7,13,18H,8-10H2,1-3H3. The molecule has 0 bridgehead atoms. The Morgan fingerprint density at radius 1 is 1.29 bits per heavy atom. The first-order chi connectivity index (χ1) is 9.52. The summed E-state index contributed by atoms with van der Waals surface area (Å²) >= 11 is 0. The third-order valence-corrected chi connectivity index (χ3v) is 4.34. The summed E-state index contributed by atoms with van der Waals surface area (Å²) in [5, 5.41) is 10.4. The highest BCUT2D eigenvalue weighted by Crippen LogP contribution is 2.23. The second-order valence-corrected chi connectivity index (χ2v) is 7.50. The molecule has 0 amide bonds. The predicted molar refractivity (Wildman–Crippen MR) is 77.2 cm³/mol. The molecule has 1 atom stereocenters. The van der Waals surface area contributed by atoms with Crippen LogP contribution in [0.5, 0.6) is 0 Å². The molecule has 7 heteroatoms. The van der Waals surface area contributed by atoms with Crippen LogP contribution in [0, 0.1) is 0 Å². The average molecular weight is 321 g/mol. The van der Waals surface area contributed by atoms with E-state index >= 15 is 0 Å². The van der Waals surface area contributed by atoms with Gasteiger partial charge in [0.05, 0.1) is 10.5 Å². The highest BCUT2D eigenvalue weighted by atomic mass is 32.2. The number of benzene rings is 1. The van der Waals surface area contributed by atoms with Crippen LogP contribution in [0.2, 0.25) is 0 Å². The van der Waals surface area contributed by atoms with Gasteiger partial charge >= 0.3 is 0 Å². The maximum atomic E-state index is 12.2. The summed E-state index contributed by atoms with van der Waals surface area (Å²) in [6.45, 7) is 1.93. The van der Waals surface area contributed by atoms with E-state index in [9.17, 15) is 22.3 Å². The summed E-state index contributed by atoms with van der Waals surface area (Å²) in [5.74, 6) is 0. The van der Waals surface area contributed by atoms with Gasteiger partial charge in [0.15, 0.2) is 9.84 Å². The smallest absolute Gasteiger partial charge is 0.239 e. The Kier molecular flexibility index (Phi) is 5.83. The largest absolute Gasteiger partial charge is 0.384 e. The summed E-state index contributed by atoms with van der Waals surface area (Å²) in [5.41, 5.74) is -0.703. The van der Waals surface area contributed by atoms with Gasteiger partial charge in [-0.05, 0) is 31.7 Å². The molecule has 0 fully saturated rings. The van der Waals surface area contributed by atoms with E-state index in [-0.39, 0.29) is 24.4 Å². The molecule has 1 N–H and O–H groups in total. The third kappa shape index (κ3) is 5.68. The number of halogens is 2. The molecule has 120 valence electrons. The Morgan fingerprint density at radius 2 is 1.81 bits per heavy atom. The second kappa shape index (κ2) is 6.81. The first-order valence-electron chi connectivity index (χ1n) is 6.52. The van der Waals surface area contributed by atoms with Gasteiger partial charge in [-0.25, -0.2) is 17.2 Å². The van der Waals surface area contributed by atoms with Gasteiger partial charge in [-0.3, -0.25) is 0 Å². The lowest BCUT2D eigenvalue weighted by Gasteiger charge is -2.29. The zero-order valence-corrected chi connectivity index (χ0v) is 13.2. The number of nitrogens with zero attached hydrogens (tertiary/aromatic N) is 1. The van der Waals surface area contributed by atoms with Crippen molar-refractivity contribution >= 4 is 9.84 Å². The third-order valence-electron chi connectivity index (χ3n) is 3.21. The van der Waals surface area contributed by atoms with Gasteiger partial charge in [-0.2, -0.15) is 0 Å². The van der Waals surface area contributed by atoms with Crippen molar-refractivity contribution in [2.75, 3.05) is 26.4 Å². The number of likely N-dealkylation sites (N-methyl/N-ethyl adjacent to an activating group) is 1. The highest BCUT2D eigenvalue weighted by molar-refractivity contribution is 7.90. The van der Waals surface area contributed by atoms with Crippen LogP contribution in [0.4, 0.5) is 8.78 Å². The van der Waals surface area contributed by atoms with Gasteiger partial charge in [-0.1, -0.05) is 12.1 Å². The van der Waals surface area contributed by atoms with Gasteiger partial charge in [-0.15, -0.1) is 0 Å². The minimum atomic E-state index is -3.28. The Bertz CT molecular complexity index is 556. The highest BCUT2D eigenvalue weighted by Gasteiger charge is 2.25. The van der Waals surface area contributed by atoms with Crippen LogP contribution in [-0.4, -0.2) is 51.2 Å². The quantitative estimate of drug-likeness (QED) is 0.833. The molecule has 0 saturated heterocycles. The molecule has 1 aromatic rings. The van der Waals surface area contributed by atoms with Crippen molar-refractivity contribution in [3.63, 3.8) is 0 Å². The Labute approximate surface area is 124 Å². The molecule has 0 aliphatic carbocycles. The van der Waals surface area contributed by atoms with Crippen molar-refractivity contribution in [1.29, 1.82) is 0 Å². The fraction of sp³-hybridized carbons (Fsp3) is 0.571. The van der Waals surface area contributed by atoms with E-state index in [4.69, 9.17) is 0 Å². The van der Waals surface area contributed by atoms with Crippen LogP contribution in [0.1, 0.15) is 18.9 Å². The fourth-order valence-electron chi connectivity index (χ4n) is 2.08. The molecule has 4 nitrogen and oxygen atoms in total. The maximum Gasteiger partial charge on any atom is 0.239 e. The van der Waals surface area contributed by atoms with E-state index in [1.54, 1.807) is 18.9 Å². The van der Waals surface area contributed by atoms with Crippen molar-refractivity contribution in [2.45, 2.75) is 30.3 Å². The van der Waals surface area contributed by atoms with Crippen molar-refractivity contribution in [1.82, 2.24) is 4.90 Å². The summed E-state index contributed by atoms with van der Waals surface area (Å²) < 4.78 is 47.1. The summed E-state index contributed by atoms with van der Waals surface area (Å²) in [6.07, 6.45) is -1.51. The van der Waals surface area contributed by atoms with Crippen LogP contribution in [0.3, 0.4) is 0 Å². The number of sulfone groups is 1. The summed E-state index contributed by atoms with van der Waals surface area (Å²) in [7, 11) is -1.63. The number of aliphatic hydroxyl groups is 1. The van der Waals surface area contributed by atoms with E-state index < -0.39 is 21.9 Å². The molecule has 21 heavy (non-hydrogen) atoms. The SMILES string of the molecule is CN(CCC(F)F)CC(C)(O)c1ccc(S(C)(=O)=O)cc1. The van der Waals surface area contributed by atoms with E-state index in [1.807, 2.05) is 0 Å². The van der Waals surface area contributed by atoms with Gasteiger partial charge in [0, 0.05) is 25.8 Å². The molecule has 0 aliphatic rings. The molecule has 0 aliphatic heterocycles. The first kappa shape index (κ1) is 18.0. The van der Waals surface area contributed by atoms with Crippen LogP contribution < -0.4 is 0 Å². The number of hydrogen-bond donors (Lipinski definition) is 1. The van der Waals surface area contributed by atoms with Gasteiger partial charge in [0.1, 0.15) is 0 Å². The number of alkyl halides is 2. The second-order valence-electron chi connectivity index (χ2n) is 5.49. The van der Waals surface area contributed by atoms with Crippen LogP contribution in [0.15, 0.2) is 29.2 Å². The van der Waals surface area contributed by atoms with Crippen molar-refractivity contribution in [3.8, 4) is 0 Å². The summed E-state index contributed by atoms with van der Waals surface area (Å²) in [4.78, 5) is 1.80. The van der Waals surface area contributed by atoms with E-state index in [0.29, 0.717) is 5.56 Å². The molecule has 0 saturated carbocycles. The number of hydrogen-bond acceptors (Lipinski definition) is 4. The maximum absolute atomic E-state index is 12.2. The van der Waals surface area contributed by atoms with Gasteiger partial charge in [0.2, 0.25) is 6.43 Å². The van der Waals surface area contributed by atoms with E-state index in [1.165, 1.54) is 24.3 Å². The van der Waals surface area contributed by atoms with Gasteiger partial charge in [0.25, 0.3) is 0 Å². The molecule has 0 radical (unpaired) electrons. The molecule has 1 aromatic carbocycles. The van der Waals surface area contributed by atoms with E-state index in [0.717, 1.165) is 6.26 Å². The van der Waals surface area contributed by atoms with Crippen LogP contribution >= 0.6 is 0 Å². The fourth-order valence-corrected chi connectivity index (χ4v) is 2.71. The molecule has 1 rings (SSSR count). The lowest BCUT2D eigenvalue weighted by atomic mass is 9.95.